The standard InChI is InChI=1S/C21H25F3N4O6/c22-21(23,24)16-9-25-10-17(28-16)27-14-11-34-15(20(32)19(14)31)8-26-18(30)7-12-2-1-3-13(6-12)33-5-4-29/h1-3,6,9-10,14-15,19-20,29,31-32H,4-5,7-8,11H2,(H,26,30)(H,27,28)/t14-,15+,19+,20-/m0/s1. The molecule has 1 aromatic heterocycles. The normalized spacial score (nSPS) is 22.8. The predicted octanol–water partition coefficient (Wildman–Crippen LogP) is 0.126. The van der Waals surface area contributed by atoms with E-state index in [-0.39, 0.29) is 44.5 Å². The quantitative estimate of drug-likeness (QED) is 0.334. The minimum Gasteiger partial charge on any atom is -0.491 e. The van der Waals surface area contributed by atoms with E-state index in [2.05, 4.69) is 20.6 Å². The third-order valence-corrected chi connectivity index (χ3v) is 5.01. The molecule has 186 valence electrons. The van der Waals surface area contributed by atoms with Gasteiger partial charge in [0.25, 0.3) is 0 Å². The van der Waals surface area contributed by atoms with Gasteiger partial charge in [-0.25, -0.2) is 4.98 Å². The van der Waals surface area contributed by atoms with Crippen LogP contribution in [0, 0.1) is 0 Å². The van der Waals surface area contributed by atoms with Crippen LogP contribution in [0.4, 0.5) is 19.0 Å². The monoisotopic (exact) mass is 486 g/mol. The molecule has 0 unspecified atom stereocenters. The Balaban J connectivity index is 1.50. The molecule has 1 aliphatic rings. The lowest BCUT2D eigenvalue weighted by Gasteiger charge is -2.38. The van der Waals surface area contributed by atoms with E-state index in [0.29, 0.717) is 17.5 Å². The Bertz CT molecular complexity index is 964. The fraction of sp³-hybridized carbons (Fsp3) is 0.476. The second-order valence-electron chi connectivity index (χ2n) is 7.59. The second-order valence-corrected chi connectivity index (χ2v) is 7.59. The molecule has 0 saturated carbocycles. The number of carbonyl (C=O) groups excluding carboxylic acids is 1. The predicted molar refractivity (Wildman–Crippen MR) is 112 cm³/mol. The molecule has 1 aromatic carbocycles. The molecule has 34 heavy (non-hydrogen) atoms. The third-order valence-electron chi connectivity index (χ3n) is 5.01. The number of rotatable bonds is 9. The number of nitrogens with zero attached hydrogens (tertiary/aromatic N) is 2. The topological polar surface area (TPSA) is 146 Å². The zero-order valence-electron chi connectivity index (χ0n) is 17.9. The molecule has 3 rings (SSSR count). The van der Waals surface area contributed by atoms with Gasteiger partial charge >= 0.3 is 6.18 Å². The van der Waals surface area contributed by atoms with Crippen molar-refractivity contribution in [1.29, 1.82) is 0 Å². The summed E-state index contributed by atoms with van der Waals surface area (Å²) in [7, 11) is 0. The number of ether oxygens (including phenoxy) is 2. The maximum atomic E-state index is 12.8. The van der Waals surface area contributed by atoms with Crippen molar-refractivity contribution in [3.63, 3.8) is 0 Å². The van der Waals surface area contributed by atoms with Gasteiger partial charge in [0, 0.05) is 6.54 Å². The summed E-state index contributed by atoms with van der Waals surface area (Å²) in [4.78, 5) is 19.2. The van der Waals surface area contributed by atoms with Crippen LogP contribution in [0.15, 0.2) is 36.7 Å². The van der Waals surface area contributed by atoms with E-state index in [9.17, 15) is 28.2 Å². The van der Waals surface area contributed by atoms with Crippen LogP contribution in [0.25, 0.3) is 0 Å². The molecule has 0 bridgehead atoms. The molecule has 1 aliphatic heterocycles. The first kappa shape index (κ1) is 25.6. The molecule has 2 aromatic rings. The number of hydrogen-bond donors (Lipinski definition) is 5. The van der Waals surface area contributed by atoms with E-state index >= 15 is 0 Å². The third kappa shape index (κ3) is 7.00. The average Bonchev–Trinajstić information content (AvgIpc) is 2.80. The summed E-state index contributed by atoms with van der Waals surface area (Å²) in [6, 6.07) is 5.86. The smallest absolute Gasteiger partial charge is 0.434 e. The largest absolute Gasteiger partial charge is 0.491 e. The Hall–Kier alpha value is -3.00. The van der Waals surface area contributed by atoms with Gasteiger partial charge in [-0.05, 0) is 17.7 Å². The van der Waals surface area contributed by atoms with Crippen molar-refractivity contribution in [2.24, 2.45) is 0 Å². The van der Waals surface area contributed by atoms with Gasteiger partial charge in [-0.3, -0.25) is 9.78 Å². The van der Waals surface area contributed by atoms with E-state index in [4.69, 9.17) is 14.6 Å². The Morgan fingerprint density at radius 2 is 2.03 bits per heavy atom. The van der Waals surface area contributed by atoms with Crippen LogP contribution in [0.1, 0.15) is 11.3 Å². The number of aliphatic hydroxyl groups excluding tert-OH is 3. The number of hydrogen-bond acceptors (Lipinski definition) is 9. The highest BCUT2D eigenvalue weighted by molar-refractivity contribution is 5.78. The highest BCUT2D eigenvalue weighted by Gasteiger charge is 2.39. The molecule has 1 saturated heterocycles. The molecule has 2 heterocycles. The van der Waals surface area contributed by atoms with Gasteiger partial charge in [-0.15, -0.1) is 0 Å². The molecule has 1 fully saturated rings. The minimum absolute atomic E-state index is 0.0279. The summed E-state index contributed by atoms with van der Waals surface area (Å²) in [6.45, 7) is -0.246. The number of halogens is 3. The lowest BCUT2D eigenvalue weighted by molar-refractivity contribution is -0.143. The molecule has 1 amide bonds. The lowest BCUT2D eigenvalue weighted by atomic mass is 9.98. The molecule has 10 nitrogen and oxygen atoms in total. The van der Waals surface area contributed by atoms with Gasteiger partial charge in [0.05, 0.1) is 38.1 Å². The molecule has 0 spiro atoms. The number of benzene rings is 1. The van der Waals surface area contributed by atoms with Crippen molar-refractivity contribution in [1.82, 2.24) is 15.3 Å². The Morgan fingerprint density at radius 3 is 2.76 bits per heavy atom. The van der Waals surface area contributed by atoms with Crippen molar-refractivity contribution in [2.75, 3.05) is 31.7 Å². The van der Waals surface area contributed by atoms with Crippen molar-refractivity contribution in [2.45, 2.75) is 37.0 Å². The van der Waals surface area contributed by atoms with E-state index in [1.54, 1.807) is 24.3 Å². The first-order chi connectivity index (χ1) is 16.2. The first-order valence-electron chi connectivity index (χ1n) is 10.4. The van der Waals surface area contributed by atoms with Crippen LogP contribution < -0.4 is 15.4 Å². The fourth-order valence-electron chi connectivity index (χ4n) is 3.32. The molecule has 13 heteroatoms. The summed E-state index contributed by atoms with van der Waals surface area (Å²) in [5, 5.41) is 34.8. The van der Waals surface area contributed by atoms with Crippen LogP contribution in [0.3, 0.4) is 0 Å². The first-order valence-corrected chi connectivity index (χ1v) is 10.4. The molecule has 5 N–H and O–H groups in total. The van der Waals surface area contributed by atoms with Gasteiger partial charge in [0.15, 0.2) is 5.69 Å². The number of anilines is 1. The number of alkyl halides is 3. The summed E-state index contributed by atoms with van der Waals surface area (Å²) in [6.07, 6.45) is -6.75. The number of aromatic nitrogens is 2. The molecule has 4 atom stereocenters. The number of aliphatic hydroxyl groups is 3. The maximum absolute atomic E-state index is 12.8. The highest BCUT2D eigenvalue weighted by Crippen LogP contribution is 2.28. The summed E-state index contributed by atoms with van der Waals surface area (Å²) in [5.41, 5.74) is -0.528. The number of amides is 1. The zero-order valence-corrected chi connectivity index (χ0v) is 17.9. The SMILES string of the molecule is O=C(Cc1cccc(OCCO)c1)NC[C@H]1OC[C@H](Nc2cncc(C(F)(F)F)n2)[C@@H](O)[C@H]1O. The van der Waals surface area contributed by atoms with Gasteiger partial charge < -0.3 is 35.4 Å². The zero-order chi connectivity index (χ0) is 24.7. The molecular weight excluding hydrogens is 461 g/mol. The molecule has 0 radical (unpaired) electrons. The van der Waals surface area contributed by atoms with Crippen LogP contribution in [0.5, 0.6) is 5.75 Å². The van der Waals surface area contributed by atoms with Crippen molar-refractivity contribution >= 4 is 11.7 Å². The molecular formula is C21H25F3N4O6. The Kier molecular flexibility index (Phi) is 8.61. The fourth-order valence-corrected chi connectivity index (χ4v) is 3.32. The van der Waals surface area contributed by atoms with Gasteiger partial charge in [0.1, 0.15) is 36.5 Å². The molecule has 0 aliphatic carbocycles. The van der Waals surface area contributed by atoms with Crippen LogP contribution in [0.2, 0.25) is 0 Å². The summed E-state index contributed by atoms with van der Waals surface area (Å²) < 4.78 is 49.2. The van der Waals surface area contributed by atoms with E-state index in [0.717, 1.165) is 6.20 Å². The minimum atomic E-state index is -4.68. The van der Waals surface area contributed by atoms with Gasteiger partial charge in [-0.1, -0.05) is 12.1 Å². The van der Waals surface area contributed by atoms with Crippen molar-refractivity contribution < 1.29 is 42.8 Å². The maximum Gasteiger partial charge on any atom is 0.434 e. The van der Waals surface area contributed by atoms with E-state index in [1.807, 2.05) is 0 Å². The lowest BCUT2D eigenvalue weighted by Crippen LogP contribution is -2.58. The van der Waals surface area contributed by atoms with Crippen molar-refractivity contribution in [3.05, 3.63) is 47.9 Å². The average molecular weight is 486 g/mol. The number of nitrogens with one attached hydrogen (secondary N) is 2. The van der Waals surface area contributed by atoms with E-state index < -0.39 is 36.2 Å². The second kappa shape index (κ2) is 11.4. The van der Waals surface area contributed by atoms with Gasteiger partial charge in [0.2, 0.25) is 5.91 Å². The number of carbonyl (C=O) groups is 1. The van der Waals surface area contributed by atoms with Crippen LogP contribution >= 0.6 is 0 Å². The highest BCUT2D eigenvalue weighted by atomic mass is 19.4. The Labute approximate surface area is 192 Å². The van der Waals surface area contributed by atoms with Crippen molar-refractivity contribution in [3.8, 4) is 5.75 Å². The van der Waals surface area contributed by atoms with Crippen LogP contribution in [-0.2, 0) is 22.1 Å². The Morgan fingerprint density at radius 1 is 1.24 bits per heavy atom. The van der Waals surface area contributed by atoms with E-state index in [1.165, 1.54) is 0 Å². The summed E-state index contributed by atoms with van der Waals surface area (Å²) >= 11 is 0. The van der Waals surface area contributed by atoms with Gasteiger partial charge in [-0.2, -0.15) is 13.2 Å². The summed E-state index contributed by atoms with van der Waals surface area (Å²) in [5.74, 6) is -0.0757. The van der Waals surface area contributed by atoms with Crippen LogP contribution in [-0.4, -0.2) is 81.9 Å².